The summed E-state index contributed by atoms with van der Waals surface area (Å²) in [5, 5.41) is 0.176. The second-order valence-corrected chi connectivity index (χ2v) is 12.0. The van der Waals surface area contributed by atoms with Gasteiger partial charge >= 0.3 is 5.97 Å². The third-order valence-corrected chi connectivity index (χ3v) is 10.9. The molecule has 5 heteroatoms. The van der Waals surface area contributed by atoms with Crippen molar-refractivity contribution in [2.45, 2.75) is 89.4 Å². The molecule has 6 unspecified atom stereocenters. The van der Waals surface area contributed by atoms with Crippen molar-refractivity contribution in [3.05, 3.63) is 11.6 Å². The highest BCUT2D eigenvalue weighted by Gasteiger charge is 2.67. The lowest BCUT2D eigenvalue weighted by Gasteiger charge is -2.60. The predicted molar refractivity (Wildman–Crippen MR) is 112 cm³/mol. The molecule has 0 bridgehead atoms. The largest absolute Gasteiger partial charge is 0.458 e. The Morgan fingerprint density at radius 1 is 1.07 bits per heavy atom. The molecule has 4 fully saturated rings. The van der Waals surface area contributed by atoms with Crippen LogP contribution in [0.4, 0.5) is 0 Å². The average molecular weight is 417 g/mol. The third kappa shape index (κ3) is 2.61. The van der Waals surface area contributed by atoms with Crippen molar-refractivity contribution < 1.29 is 19.1 Å². The molecule has 1 saturated heterocycles. The maximum absolute atomic E-state index is 12.4. The van der Waals surface area contributed by atoms with Crippen molar-refractivity contribution in [1.29, 1.82) is 0 Å². The summed E-state index contributed by atoms with van der Waals surface area (Å²) in [6.45, 7) is 6.36. The first-order valence-corrected chi connectivity index (χ1v) is 12.2. The quantitative estimate of drug-likeness (QED) is 0.572. The number of rotatable bonds is 1. The molecular weight excluding hydrogens is 384 g/mol. The first kappa shape index (κ1) is 19.8. The average Bonchev–Trinajstić information content (AvgIpc) is 3.17. The zero-order valence-electron chi connectivity index (χ0n) is 17.8. The second kappa shape index (κ2) is 6.45. The molecule has 0 N–H and O–H groups in total. The van der Waals surface area contributed by atoms with Crippen molar-refractivity contribution >= 4 is 28.6 Å². The topological polar surface area (TPSA) is 60.4 Å². The van der Waals surface area contributed by atoms with Crippen LogP contribution in [0.15, 0.2) is 11.6 Å². The lowest BCUT2D eigenvalue weighted by atomic mass is 9.46. The zero-order chi connectivity index (χ0) is 20.6. The fourth-order valence-electron chi connectivity index (χ4n) is 8.24. The van der Waals surface area contributed by atoms with Crippen molar-refractivity contribution in [1.82, 2.24) is 0 Å². The first-order chi connectivity index (χ1) is 13.7. The SMILES string of the molecule is CC(=O)SC1CC(=O)C=C2CCC3C(CC[C@@]4(C)C3CCC43CCC(=O)O3)C21C. The van der Waals surface area contributed by atoms with Crippen LogP contribution in [0.25, 0.3) is 0 Å². The normalized spacial score (nSPS) is 48.6. The molecule has 1 aliphatic heterocycles. The molecule has 0 aromatic rings. The summed E-state index contributed by atoms with van der Waals surface area (Å²) in [4.78, 5) is 36.4. The van der Waals surface area contributed by atoms with Gasteiger partial charge in [-0.15, -0.1) is 0 Å². The highest BCUT2D eigenvalue weighted by atomic mass is 32.2. The molecule has 1 spiro atoms. The molecule has 0 aromatic heterocycles. The van der Waals surface area contributed by atoms with E-state index in [0.29, 0.717) is 30.6 Å². The van der Waals surface area contributed by atoms with Crippen LogP contribution >= 0.6 is 11.8 Å². The second-order valence-electron chi connectivity index (χ2n) is 10.6. The van der Waals surface area contributed by atoms with Gasteiger partial charge in [0.2, 0.25) is 0 Å². The van der Waals surface area contributed by atoms with E-state index in [1.807, 2.05) is 6.08 Å². The Hall–Kier alpha value is -1.10. The van der Waals surface area contributed by atoms with Crippen molar-refractivity contribution in [3.8, 4) is 0 Å². The van der Waals surface area contributed by atoms with Crippen LogP contribution in [0.3, 0.4) is 0 Å². The Kier molecular flexibility index (Phi) is 4.41. The molecule has 7 atom stereocenters. The van der Waals surface area contributed by atoms with Crippen molar-refractivity contribution in [2.75, 3.05) is 0 Å². The number of allylic oxidation sites excluding steroid dienone is 1. The number of thioether (sulfide) groups is 1. The van der Waals surface area contributed by atoms with Crippen LogP contribution in [0, 0.1) is 28.6 Å². The van der Waals surface area contributed by atoms with Gasteiger partial charge in [-0.05, 0) is 68.8 Å². The number of fused-ring (bicyclic) bond motifs is 6. The van der Waals surface area contributed by atoms with Gasteiger partial charge < -0.3 is 4.74 Å². The number of ether oxygens (including phenoxy) is 1. The summed E-state index contributed by atoms with van der Waals surface area (Å²) < 4.78 is 6.04. The smallest absolute Gasteiger partial charge is 0.306 e. The highest BCUT2D eigenvalue weighted by Crippen LogP contribution is 2.70. The van der Waals surface area contributed by atoms with E-state index in [2.05, 4.69) is 13.8 Å². The fraction of sp³-hybridized carbons (Fsp3) is 0.792. The molecule has 0 radical (unpaired) electrons. The van der Waals surface area contributed by atoms with Crippen LogP contribution in [0.1, 0.15) is 78.6 Å². The molecular formula is C24H32O4S. The number of ketones is 1. The minimum absolute atomic E-state index is 0.0152. The summed E-state index contributed by atoms with van der Waals surface area (Å²) in [5.74, 6) is 1.85. The molecule has 4 nitrogen and oxygen atoms in total. The molecule has 158 valence electrons. The van der Waals surface area contributed by atoms with Gasteiger partial charge in [-0.1, -0.05) is 31.2 Å². The Bertz CT molecular complexity index is 818. The van der Waals surface area contributed by atoms with Crippen molar-refractivity contribution in [2.24, 2.45) is 28.6 Å². The predicted octanol–water partition coefficient (Wildman–Crippen LogP) is 4.85. The number of esters is 1. The van der Waals surface area contributed by atoms with Crippen LogP contribution < -0.4 is 0 Å². The molecule has 3 saturated carbocycles. The maximum Gasteiger partial charge on any atom is 0.306 e. The molecule has 5 rings (SSSR count). The van der Waals surface area contributed by atoms with E-state index in [9.17, 15) is 14.4 Å². The van der Waals surface area contributed by atoms with Crippen molar-refractivity contribution in [3.63, 3.8) is 0 Å². The maximum atomic E-state index is 12.4. The van der Waals surface area contributed by atoms with E-state index in [1.54, 1.807) is 6.92 Å². The van der Waals surface area contributed by atoms with Gasteiger partial charge in [0.15, 0.2) is 10.9 Å². The molecule has 4 aliphatic carbocycles. The fourth-order valence-corrected chi connectivity index (χ4v) is 9.46. The van der Waals surface area contributed by atoms with E-state index in [-0.39, 0.29) is 38.5 Å². The number of carbonyl (C=O) groups excluding carboxylic acids is 3. The molecule has 1 heterocycles. The van der Waals surface area contributed by atoms with Gasteiger partial charge in [0.25, 0.3) is 0 Å². The number of hydrogen-bond acceptors (Lipinski definition) is 5. The monoisotopic (exact) mass is 416 g/mol. The highest BCUT2D eigenvalue weighted by molar-refractivity contribution is 8.14. The van der Waals surface area contributed by atoms with Crippen LogP contribution in [0.5, 0.6) is 0 Å². The Morgan fingerprint density at radius 3 is 2.52 bits per heavy atom. The van der Waals surface area contributed by atoms with E-state index >= 15 is 0 Å². The van der Waals surface area contributed by atoms with Gasteiger partial charge in [-0.2, -0.15) is 0 Å². The van der Waals surface area contributed by atoms with Crippen LogP contribution in [-0.2, 0) is 19.1 Å². The summed E-state index contributed by atoms with van der Waals surface area (Å²) in [7, 11) is 0. The van der Waals surface area contributed by atoms with Crippen LogP contribution in [-0.4, -0.2) is 27.7 Å². The number of carbonyl (C=O) groups is 3. The first-order valence-electron chi connectivity index (χ1n) is 11.3. The van der Waals surface area contributed by atoms with Gasteiger partial charge in [0.05, 0.1) is 0 Å². The molecule has 5 aliphatic rings. The summed E-state index contributed by atoms with van der Waals surface area (Å²) in [5.41, 5.74) is 1.05. The Morgan fingerprint density at radius 2 is 1.83 bits per heavy atom. The lowest BCUT2D eigenvalue weighted by molar-refractivity contribution is -0.167. The van der Waals surface area contributed by atoms with E-state index < -0.39 is 0 Å². The standard InChI is InChI=1S/C24H32O4S/c1-14(25)29-20-13-16(26)12-15-4-5-17-18-7-10-24(11-8-21(27)28-24)22(18,2)9-6-19(17)23(15,20)3/h12,17-20H,4-11,13H2,1-3H3/t17?,18?,19?,20?,22-,23?,24?/m0/s1. The molecule has 0 amide bonds. The zero-order valence-corrected chi connectivity index (χ0v) is 18.6. The molecule has 0 aromatic carbocycles. The minimum atomic E-state index is -0.243. The number of hydrogen-bond donors (Lipinski definition) is 0. The van der Waals surface area contributed by atoms with Gasteiger partial charge in [0, 0.05) is 35.8 Å². The third-order valence-electron chi connectivity index (χ3n) is 9.68. The van der Waals surface area contributed by atoms with Gasteiger partial charge in [0.1, 0.15) is 5.60 Å². The van der Waals surface area contributed by atoms with E-state index in [4.69, 9.17) is 4.74 Å². The summed E-state index contributed by atoms with van der Waals surface area (Å²) >= 11 is 1.39. The summed E-state index contributed by atoms with van der Waals surface area (Å²) in [6, 6.07) is 0. The van der Waals surface area contributed by atoms with E-state index in [0.717, 1.165) is 44.9 Å². The van der Waals surface area contributed by atoms with Crippen LogP contribution in [0.2, 0.25) is 0 Å². The summed E-state index contributed by atoms with van der Waals surface area (Å²) in [6.07, 6.45) is 10.3. The minimum Gasteiger partial charge on any atom is -0.458 e. The molecule has 29 heavy (non-hydrogen) atoms. The lowest BCUT2D eigenvalue weighted by Crippen LogP contribution is -2.57. The van der Waals surface area contributed by atoms with Gasteiger partial charge in [-0.3, -0.25) is 14.4 Å². The Balaban J connectivity index is 1.50. The Labute approximate surface area is 177 Å². The van der Waals surface area contributed by atoms with E-state index in [1.165, 1.54) is 17.3 Å². The van der Waals surface area contributed by atoms with Gasteiger partial charge in [-0.25, -0.2) is 0 Å².